The molecule has 1 aliphatic heterocycles. The van der Waals surface area contributed by atoms with Gasteiger partial charge in [-0.1, -0.05) is 0 Å². The SMILES string of the molecule is CNC(=O)CCCC(NC(=O)CSC1CCCCO1)C(=O)NC(CC(=O)O)C(=O)NCC(=O)O. The molecule has 0 aromatic rings. The van der Waals surface area contributed by atoms with Crippen LogP contribution in [0.3, 0.4) is 0 Å². The summed E-state index contributed by atoms with van der Waals surface area (Å²) >= 11 is 1.30. The molecule has 0 saturated carbocycles. The molecule has 192 valence electrons. The molecular formula is C20H32N4O9S. The van der Waals surface area contributed by atoms with Crippen molar-refractivity contribution in [1.29, 1.82) is 0 Å². The molecule has 0 spiro atoms. The van der Waals surface area contributed by atoms with Gasteiger partial charge in [0.05, 0.1) is 12.2 Å². The summed E-state index contributed by atoms with van der Waals surface area (Å²) < 4.78 is 5.56. The van der Waals surface area contributed by atoms with Crippen LogP contribution >= 0.6 is 11.8 Å². The average molecular weight is 505 g/mol. The quantitative estimate of drug-likeness (QED) is 0.157. The molecular weight excluding hydrogens is 472 g/mol. The van der Waals surface area contributed by atoms with Crippen LogP contribution in [0.4, 0.5) is 0 Å². The van der Waals surface area contributed by atoms with Crippen molar-refractivity contribution in [2.75, 3.05) is 26.0 Å². The molecule has 1 fully saturated rings. The Bertz CT molecular complexity index is 744. The summed E-state index contributed by atoms with van der Waals surface area (Å²) in [6.45, 7) is -0.129. The maximum Gasteiger partial charge on any atom is 0.322 e. The van der Waals surface area contributed by atoms with Crippen molar-refractivity contribution in [2.45, 2.75) is 62.5 Å². The van der Waals surface area contributed by atoms with E-state index in [9.17, 15) is 28.8 Å². The van der Waals surface area contributed by atoms with E-state index in [4.69, 9.17) is 14.9 Å². The lowest BCUT2D eigenvalue weighted by Crippen LogP contribution is -2.55. The second kappa shape index (κ2) is 15.9. The molecule has 0 aromatic heterocycles. The van der Waals surface area contributed by atoms with Crippen LogP contribution in [0.5, 0.6) is 0 Å². The summed E-state index contributed by atoms with van der Waals surface area (Å²) in [6, 6.07) is -2.68. The molecule has 0 bridgehead atoms. The topological polar surface area (TPSA) is 200 Å². The summed E-state index contributed by atoms with van der Waals surface area (Å²) in [4.78, 5) is 70.7. The predicted molar refractivity (Wildman–Crippen MR) is 121 cm³/mol. The molecule has 0 radical (unpaired) electrons. The molecule has 1 aliphatic rings. The lowest BCUT2D eigenvalue weighted by molar-refractivity contribution is -0.141. The molecule has 3 atom stereocenters. The highest BCUT2D eigenvalue weighted by Gasteiger charge is 2.29. The fourth-order valence-corrected chi connectivity index (χ4v) is 4.00. The third kappa shape index (κ3) is 12.4. The van der Waals surface area contributed by atoms with Gasteiger partial charge in [-0.3, -0.25) is 28.8 Å². The molecule has 4 amide bonds. The summed E-state index contributed by atoms with van der Waals surface area (Å²) in [5, 5.41) is 27.0. The number of amides is 4. The number of aliphatic carboxylic acids is 2. The average Bonchev–Trinajstić information content (AvgIpc) is 2.80. The molecule has 1 saturated heterocycles. The number of carbonyl (C=O) groups excluding carboxylic acids is 4. The van der Waals surface area contributed by atoms with Gasteiger partial charge >= 0.3 is 11.9 Å². The van der Waals surface area contributed by atoms with E-state index in [1.165, 1.54) is 18.8 Å². The lowest BCUT2D eigenvalue weighted by atomic mass is 10.1. The first kappa shape index (κ1) is 29.2. The molecule has 3 unspecified atom stereocenters. The summed E-state index contributed by atoms with van der Waals surface area (Å²) in [5.41, 5.74) is -0.113. The third-order valence-corrected chi connectivity index (χ3v) is 5.96. The van der Waals surface area contributed by atoms with E-state index in [0.717, 1.165) is 19.3 Å². The van der Waals surface area contributed by atoms with Crippen LogP contribution in [0, 0.1) is 0 Å². The van der Waals surface area contributed by atoms with Crippen molar-refractivity contribution in [3.63, 3.8) is 0 Å². The van der Waals surface area contributed by atoms with Gasteiger partial charge in [0, 0.05) is 20.1 Å². The van der Waals surface area contributed by atoms with E-state index in [-0.39, 0.29) is 36.4 Å². The van der Waals surface area contributed by atoms with Crippen LogP contribution in [-0.4, -0.2) is 89.3 Å². The summed E-state index contributed by atoms with van der Waals surface area (Å²) in [7, 11) is 1.46. The number of thioether (sulfide) groups is 1. The van der Waals surface area contributed by atoms with Gasteiger partial charge in [-0.05, 0) is 32.1 Å². The molecule has 13 nitrogen and oxygen atoms in total. The Kier molecular flexibility index (Phi) is 13.6. The van der Waals surface area contributed by atoms with Gasteiger partial charge in [-0.25, -0.2) is 0 Å². The molecule has 1 heterocycles. The van der Waals surface area contributed by atoms with Crippen molar-refractivity contribution in [2.24, 2.45) is 0 Å². The first-order chi connectivity index (χ1) is 16.1. The van der Waals surface area contributed by atoms with E-state index < -0.39 is 54.7 Å². The minimum atomic E-state index is -1.55. The van der Waals surface area contributed by atoms with Crippen LogP contribution in [0.15, 0.2) is 0 Å². The Morgan fingerprint density at radius 3 is 2.29 bits per heavy atom. The van der Waals surface area contributed by atoms with Crippen molar-refractivity contribution < 1.29 is 43.7 Å². The Hall–Kier alpha value is -2.87. The normalized spacial score (nSPS) is 17.0. The molecule has 0 aromatic carbocycles. The summed E-state index contributed by atoms with van der Waals surface area (Å²) in [5.74, 6) is -5.22. The van der Waals surface area contributed by atoms with Crippen LogP contribution in [0.25, 0.3) is 0 Å². The second-order valence-electron chi connectivity index (χ2n) is 7.56. The largest absolute Gasteiger partial charge is 0.481 e. The Morgan fingerprint density at radius 2 is 1.71 bits per heavy atom. The highest BCUT2D eigenvalue weighted by Crippen LogP contribution is 2.23. The number of carboxylic acids is 2. The Labute approximate surface area is 201 Å². The maximum atomic E-state index is 12.8. The van der Waals surface area contributed by atoms with Crippen molar-refractivity contribution in [3.8, 4) is 0 Å². The maximum absolute atomic E-state index is 12.8. The highest BCUT2D eigenvalue weighted by atomic mass is 32.2. The standard InChI is InChI=1S/C20H32N4O9S/c1-21-14(25)6-4-5-12(23-15(26)11-34-18-7-2-3-8-33-18)20(32)24-13(9-16(27)28)19(31)22-10-17(29)30/h12-13,18H,2-11H2,1H3,(H,21,25)(H,22,31)(H,23,26)(H,24,32)(H,27,28)(H,29,30). The van der Waals surface area contributed by atoms with Crippen LogP contribution in [-0.2, 0) is 33.5 Å². The van der Waals surface area contributed by atoms with E-state index in [1.807, 2.05) is 5.32 Å². The lowest BCUT2D eigenvalue weighted by Gasteiger charge is -2.24. The van der Waals surface area contributed by atoms with Crippen molar-refractivity contribution in [1.82, 2.24) is 21.3 Å². The highest BCUT2D eigenvalue weighted by molar-refractivity contribution is 8.00. The van der Waals surface area contributed by atoms with Gasteiger partial charge in [0.1, 0.15) is 24.1 Å². The smallest absolute Gasteiger partial charge is 0.322 e. The number of carboxylic acid groups (broad SMARTS) is 2. The zero-order valence-corrected chi connectivity index (χ0v) is 19.8. The van der Waals surface area contributed by atoms with Gasteiger partial charge in [0.25, 0.3) is 0 Å². The third-order valence-electron chi connectivity index (χ3n) is 4.79. The van der Waals surface area contributed by atoms with E-state index in [2.05, 4.69) is 16.0 Å². The molecule has 1 rings (SSSR count). The monoisotopic (exact) mass is 504 g/mol. The zero-order valence-electron chi connectivity index (χ0n) is 19.0. The van der Waals surface area contributed by atoms with Gasteiger partial charge < -0.3 is 36.2 Å². The van der Waals surface area contributed by atoms with Crippen molar-refractivity contribution >= 4 is 47.3 Å². The van der Waals surface area contributed by atoms with Gasteiger partial charge in [-0.2, -0.15) is 0 Å². The Morgan fingerprint density at radius 1 is 0.971 bits per heavy atom. The zero-order chi connectivity index (χ0) is 25.5. The van der Waals surface area contributed by atoms with Crippen LogP contribution in [0.2, 0.25) is 0 Å². The van der Waals surface area contributed by atoms with Gasteiger partial charge in [0.2, 0.25) is 23.6 Å². The minimum Gasteiger partial charge on any atom is -0.481 e. The van der Waals surface area contributed by atoms with E-state index in [0.29, 0.717) is 6.61 Å². The number of ether oxygens (including phenoxy) is 1. The molecule has 6 N–H and O–H groups in total. The fourth-order valence-electron chi connectivity index (χ4n) is 3.05. The number of hydrogen-bond donors (Lipinski definition) is 6. The number of hydrogen-bond acceptors (Lipinski definition) is 8. The van der Waals surface area contributed by atoms with E-state index >= 15 is 0 Å². The molecule has 14 heteroatoms. The van der Waals surface area contributed by atoms with Gasteiger partial charge in [0.15, 0.2) is 0 Å². The number of carbonyl (C=O) groups is 6. The first-order valence-electron chi connectivity index (χ1n) is 10.9. The second-order valence-corrected chi connectivity index (χ2v) is 8.71. The predicted octanol–water partition coefficient (Wildman–Crippen LogP) is -1.19. The number of rotatable bonds is 15. The molecule has 0 aliphatic carbocycles. The van der Waals surface area contributed by atoms with Crippen LogP contribution < -0.4 is 21.3 Å². The van der Waals surface area contributed by atoms with Crippen molar-refractivity contribution in [3.05, 3.63) is 0 Å². The Balaban J connectivity index is 2.78. The first-order valence-corrected chi connectivity index (χ1v) is 11.9. The van der Waals surface area contributed by atoms with Crippen LogP contribution in [0.1, 0.15) is 44.9 Å². The number of nitrogens with one attached hydrogen (secondary N) is 4. The minimum absolute atomic E-state index is 0.0293. The summed E-state index contributed by atoms with van der Waals surface area (Å²) in [6.07, 6.45) is 2.39. The molecule has 34 heavy (non-hydrogen) atoms. The van der Waals surface area contributed by atoms with Gasteiger partial charge in [-0.15, -0.1) is 11.8 Å². The van der Waals surface area contributed by atoms with E-state index in [1.54, 1.807) is 0 Å². The fraction of sp³-hybridized carbons (Fsp3) is 0.700.